The van der Waals surface area contributed by atoms with E-state index >= 15 is 0 Å². The molecule has 1 atom stereocenters. The first-order valence-electron chi connectivity index (χ1n) is 12.6. The predicted octanol–water partition coefficient (Wildman–Crippen LogP) is 5.21. The monoisotopic (exact) mass is 523 g/mol. The van der Waals surface area contributed by atoms with E-state index in [0.29, 0.717) is 35.8 Å². The summed E-state index contributed by atoms with van der Waals surface area (Å²) in [5, 5.41) is 20.2. The van der Waals surface area contributed by atoms with Crippen LogP contribution in [0, 0.1) is 6.92 Å². The molecule has 9 heteroatoms. The van der Waals surface area contributed by atoms with Crippen molar-refractivity contribution in [3.63, 3.8) is 0 Å². The molecule has 0 fully saturated rings. The molecule has 39 heavy (non-hydrogen) atoms. The minimum atomic E-state index is -0.540. The summed E-state index contributed by atoms with van der Waals surface area (Å²) in [6.45, 7) is 4.43. The number of benzene rings is 3. The molecule has 0 saturated heterocycles. The van der Waals surface area contributed by atoms with Gasteiger partial charge in [-0.05, 0) is 73.4 Å². The molecule has 2 amide bonds. The molecule has 2 heterocycles. The van der Waals surface area contributed by atoms with Gasteiger partial charge in [-0.1, -0.05) is 24.3 Å². The molecule has 9 nitrogen and oxygen atoms in total. The third-order valence-corrected chi connectivity index (χ3v) is 6.58. The number of carbonyl (C=O) groups is 2. The van der Waals surface area contributed by atoms with Gasteiger partial charge >= 0.3 is 0 Å². The molecule has 198 valence electrons. The number of anilines is 2. The Bertz CT molecular complexity index is 1570. The molecule has 0 aliphatic carbocycles. The van der Waals surface area contributed by atoms with Gasteiger partial charge in [-0.3, -0.25) is 19.3 Å². The number of rotatable bonds is 8. The van der Waals surface area contributed by atoms with Crippen LogP contribution in [0.1, 0.15) is 45.7 Å². The van der Waals surface area contributed by atoms with Gasteiger partial charge in [0.05, 0.1) is 18.5 Å². The number of ether oxygens (including phenoxy) is 1. The molecule has 1 unspecified atom stereocenters. The van der Waals surface area contributed by atoms with Gasteiger partial charge in [0.15, 0.2) is 11.5 Å². The summed E-state index contributed by atoms with van der Waals surface area (Å²) in [4.78, 5) is 29.8. The Morgan fingerprint density at radius 2 is 1.90 bits per heavy atom. The Labute approximate surface area is 226 Å². The number of nitrogens with zero attached hydrogens (tertiary/aromatic N) is 3. The normalized spacial score (nSPS) is 14.3. The molecule has 3 N–H and O–H groups in total. The lowest BCUT2D eigenvalue weighted by Gasteiger charge is -2.09. The Balaban J connectivity index is 1.28. The molecule has 1 aliphatic heterocycles. The van der Waals surface area contributed by atoms with E-state index < -0.39 is 5.92 Å². The smallest absolute Gasteiger partial charge is 0.273 e. The number of aromatic hydroxyl groups is 1. The van der Waals surface area contributed by atoms with Gasteiger partial charge in [-0.2, -0.15) is 5.10 Å². The number of aromatic nitrogens is 2. The van der Waals surface area contributed by atoms with Gasteiger partial charge in [-0.25, -0.2) is 0 Å². The summed E-state index contributed by atoms with van der Waals surface area (Å²) in [6.07, 6.45) is 2.25. The fourth-order valence-electron chi connectivity index (χ4n) is 4.62. The number of amides is 2. The minimum absolute atomic E-state index is 0.0148. The third kappa shape index (κ3) is 5.52. The van der Waals surface area contributed by atoms with E-state index in [1.54, 1.807) is 29.1 Å². The SMILES string of the molecule is CCn1nc(C)cc1C(=O)Nc1ccc(Cc2ccc3c(c2)C(C=Nc2ccc(OC)c(O)c2)C(=O)N3)cc1. The Morgan fingerprint density at radius 1 is 1.13 bits per heavy atom. The van der Waals surface area contributed by atoms with Crippen LogP contribution in [0.3, 0.4) is 0 Å². The van der Waals surface area contributed by atoms with Crippen molar-refractivity contribution in [3.8, 4) is 11.5 Å². The molecule has 0 radical (unpaired) electrons. The van der Waals surface area contributed by atoms with Crippen LogP contribution in [0.4, 0.5) is 17.1 Å². The number of carbonyl (C=O) groups excluding carboxylic acids is 2. The van der Waals surface area contributed by atoms with E-state index in [0.717, 1.165) is 28.1 Å². The number of hydrogen-bond acceptors (Lipinski definition) is 6. The highest BCUT2D eigenvalue weighted by atomic mass is 16.5. The van der Waals surface area contributed by atoms with Crippen LogP contribution in [0.15, 0.2) is 71.7 Å². The fraction of sp³-hybridized carbons (Fsp3) is 0.200. The van der Waals surface area contributed by atoms with Crippen LogP contribution in [-0.2, 0) is 17.8 Å². The number of aryl methyl sites for hydroxylation is 2. The Kier molecular flexibility index (Phi) is 7.14. The maximum atomic E-state index is 12.7. The van der Waals surface area contributed by atoms with E-state index in [9.17, 15) is 14.7 Å². The van der Waals surface area contributed by atoms with Gasteiger partial charge < -0.3 is 20.5 Å². The molecule has 1 aromatic heterocycles. The van der Waals surface area contributed by atoms with Crippen LogP contribution in [0.5, 0.6) is 11.5 Å². The van der Waals surface area contributed by atoms with Crippen molar-refractivity contribution in [1.29, 1.82) is 0 Å². The highest BCUT2D eigenvalue weighted by Crippen LogP contribution is 2.34. The Hall–Kier alpha value is -4.92. The molecule has 4 aromatic rings. The van der Waals surface area contributed by atoms with Crippen molar-refractivity contribution >= 4 is 35.1 Å². The zero-order valence-corrected chi connectivity index (χ0v) is 21.9. The van der Waals surface area contributed by atoms with E-state index in [1.807, 2.05) is 56.3 Å². The second kappa shape index (κ2) is 10.8. The molecule has 1 aliphatic rings. The van der Waals surface area contributed by atoms with Crippen LogP contribution >= 0.6 is 0 Å². The maximum Gasteiger partial charge on any atom is 0.273 e. The topological polar surface area (TPSA) is 118 Å². The summed E-state index contributed by atoms with van der Waals surface area (Å²) < 4.78 is 6.75. The summed E-state index contributed by atoms with van der Waals surface area (Å²) in [5.74, 6) is -0.542. The van der Waals surface area contributed by atoms with Crippen molar-refractivity contribution < 1.29 is 19.4 Å². The van der Waals surface area contributed by atoms with Crippen LogP contribution < -0.4 is 15.4 Å². The highest BCUT2D eigenvalue weighted by Gasteiger charge is 2.29. The van der Waals surface area contributed by atoms with Gasteiger partial charge in [0, 0.05) is 30.2 Å². The number of hydrogen-bond donors (Lipinski definition) is 3. The zero-order valence-electron chi connectivity index (χ0n) is 21.9. The number of aliphatic imine (C=N–C) groups is 1. The fourth-order valence-corrected chi connectivity index (χ4v) is 4.62. The highest BCUT2D eigenvalue weighted by molar-refractivity contribution is 6.12. The molecule has 3 aromatic carbocycles. The molecular formula is C30H29N5O4. The van der Waals surface area contributed by atoms with E-state index in [2.05, 4.69) is 20.7 Å². The van der Waals surface area contributed by atoms with Crippen LogP contribution in [0.25, 0.3) is 0 Å². The van der Waals surface area contributed by atoms with Crippen molar-refractivity contribution in [2.24, 2.45) is 4.99 Å². The predicted molar refractivity (Wildman–Crippen MR) is 150 cm³/mol. The van der Waals surface area contributed by atoms with E-state index in [4.69, 9.17) is 4.74 Å². The first-order chi connectivity index (χ1) is 18.8. The molecular weight excluding hydrogens is 494 g/mol. The summed E-state index contributed by atoms with van der Waals surface area (Å²) >= 11 is 0. The Morgan fingerprint density at radius 3 is 2.62 bits per heavy atom. The summed E-state index contributed by atoms with van der Waals surface area (Å²) in [5.41, 5.74) is 6.29. The largest absolute Gasteiger partial charge is 0.504 e. The standard InChI is InChI=1S/C30H29N5O4/c1-4-35-26(13-18(2)34-35)30(38)32-21-8-5-19(6-9-21)14-20-7-11-25-23(15-20)24(29(37)33-25)17-31-22-10-12-28(39-3)27(36)16-22/h5-13,15-17,24,36H,4,14H2,1-3H3,(H,32,38)(H,33,37). The number of phenolic OH excluding ortho intramolecular Hbond substituents is 1. The quantitative estimate of drug-likeness (QED) is 0.274. The molecule has 5 rings (SSSR count). The lowest BCUT2D eigenvalue weighted by Crippen LogP contribution is -2.17. The molecule has 0 saturated carbocycles. The lowest BCUT2D eigenvalue weighted by molar-refractivity contribution is -0.115. The van der Waals surface area contributed by atoms with Gasteiger partial charge in [-0.15, -0.1) is 0 Å². The third-order valence-electron chi connectivity index (χ3n) is 6.58. The first kappa shape index (κ1) is 25.7. The lowest BCUT2D eigenvalue weighted by atomic mass is 9.96. The van der Waals surface area contributed by atoms with Crippen molar-refractivity contribution in [1.82, 2.24) is 9.78 Å². The minimum Gasteiger partial charge on any atom is -0.504 e. The number of methoxy groups -OCH3 is 1. The van der Waals surface area contributed by atoms with Crippen LogP contribution in [0.2, 0.25) is 0 Å². The number of phenols is 1. The average Bonchev–Trinajstić information content (AvgIpc) is 3.46. The average molecular weight is 524 g/mol. The van der Waals surface area contributed by atoms with Crippen molar-refractivity contribution in [2.45, 2.75) is 32.7 Å². The van der Waals surface area contributed by atoms with Gasteiger partial charge in [0.1, 0.15) is 11.6 Å². The van der Waals surface area contributed by atoms with E-state index in [-0.39, 0.29) is 17.6 Å². The zero-order chi connectivity index (χ0) is 27.5. The first-order valence-corrected chi connectivity index (χ1v) is 12.6. The van der Waals surface area contributed by atoms with Crippen LogP contribution in [-0.4, -0.2) is 40.0 Å². The van der Waals surface area contributed by atoms with Crippen molar-refractivity contribution in [2.75, 3.05) is 17.7 Å². The number of fused-ring (bicyclic) bond motifs is 1. The van der Waals surface area contributed by atoms with E-state index in [1.165, 1.54) is 13.2 Å². The maximum absolute atomic E-state index is 12.7. The molecule has 0 bridgehead atoms. The second-order valence-corrected chi connectivity index (χ2v) is 9.34. The van der Waals surface area contributed by atoms with Gasteiger partial charge in [0.2, 0.25) is 5.91 Å². The summed E-state index contributed by atoms with van der Waals surface area (Å²) in [7, 11) is 1.48. The van der Waals surface area contributed by atoms with Gasteiger partial charge in [0.25, 0.3) is 5.91 Å². The van der Waals surface area contributed by atoms with Crippen molar-refractivity contribution in [3.05, 3.63) is 94.8 Å². The second-order valence-electron chi connectivity index (χ2n) is 9.34. The molecule has 0 spiro atoms. The summed E-state index contributed by atoms with van der Waals surface area (Å²) in [6, 6.07) is 20.2. The number of nitrogens with one attached hydrogen (secondary N) is 2.